The number of carbonyl (C=O) groups is 3. The third-order valence-corrected chi connectivity index (χ3v) is 11.1. The molecule has 0 aliphatic heterocycles. The first-order valence-corrected chi connectivity index (χ1v) is 27.4. The van der Waals surface area contributed by atoms with Crippen molar-refractivity contribution in [2.75, 3.05) is 19.8 Å². The highest BCUT2D eigenvalue weighted by Crippen LogP contribution is 2.43. The van der Waals surface area contributed by atoms with Gasteiger partial charge in [0.05, 0.1) is 13.2 Å². The number of carbonyl (C=O) groups excluding carboxylic acids is 2. The zero-order valence-electron chi connectivity index (χ0n) is 42.7. The smallest absolute Gasteiger partial charge is 0.472 e. The van der Waals surface area contributed by atoms with Crippen LogP contribution < -0.4 is 5.32 Å². The van der Waals surface area contributed by atoms with Gasteiger partial charge in [0.15, 0.2) is 6.04 Å². The van der Waals surface area contributed by atoms with E-state index in [0.717, 1.165) is 128 Å². The molecule has 3 atom stereocenters. The fourth-order valence-corrected chi connectivity index (χ4v) is 6.97. The second kappa shape index (κ2) is 50.7. The molecule has 0 bridgehead atoms. The summed E-state index contributed by atoms with van der Waals surface area (Å²) in [7, 11) is -4.79. The normalized spacial score (nSPS) is 14.7. The molecule has 11 nitrogen and oxygen atoms in total. The van der Waals surface area contributed by atoms with Crippen molar-refractivity contribution in [1.82, 2.24) is 5.32 Å². The van der Waals surface area contributed by atoms with Gasteiger partial charge in [0.2, 0.25) is 5.91 Å². The molecule has 0 fully saturated rings. The number of phosphoric ester groups is 1. The monoisotopic (exact) mass is 992 g/mol. The standard InChI is InChI=1S/C58H90NO10P/c1-3-5-7-9-11-13-15-17-19-21-23-25-27-29-31-33-35-37-39-41-43-45-47-49-56(61)59-55(58(63)64)53-69-70(65,66)68-52-54(60)51-67-57(62)50-48-46-44-42-40-38-36-34-32-30-28-26-24-22-20-18-16-14-12-10-8-6-4-2/h5-8,11-14,17-20,23-26,29-32,35-38,54-55,60H,3-4,9-10,15-16,21-22,27-28,33-34,39-53H2,1-2H3,(H,59,61)(H,63,64)(H,65,66)/b7-5-,8-6-,13-11-,14-12-,19-17-,20-18-,25-23-,26-24-,31-29-,32-30-,37-35-,38-36-. The van der Waals surface area contributed by atoms with Crippen LogP contribution in [-0.2, 0) is 32.7 Å². The molecule has 3 unspecified atom stereocenters. The Balaban J connectivity index is 3.97. The molecule has 0 aromatic heterocycles. The van der Waals surface area contributed by atoms with E-state index in [9.17, 15) is 34.1 Å². The molecule has 0 saturated heterocycles. The molecular weight excluding hydrogens is 902 g/mol. The van der Waals surface area contributed by atoms with Crippen LogP contribution in [0.5, 0.6) is 0 Å². The number of nitrogens with one attached hydrogen (secondary N) is 1. The molecule has 0 rings (SSSR count). The fraction of sp³-hybridized carbons (Fsp3) is 0.534. The minimum absolute atomic E-state index is 0.104. The Hall–Kier alpha value is -4.64. The number of phosphoric acid groups is 1. The van der Waals surface area contributed by atoms with Crippen LogP contribution in [0, 0.1) is 0 Å². The fourth-order valence-electron chi connectivity index (χ4n) is 6.20. The van der Waals surface area contributed by atoms with Crippen LogP contribution in [0.1, 0.15) is 168 Å². The number of carboxylic acids is 1. The number of hydrogen-bond donors (Lipinski definition) is 4. The largest absolute Gasteiger partial charge is 0.480 e. The number of carboxylic acid groups (broad SMARTS) is 1. The minimum atomic E-state index is -4.79. The molecule has 0 aliphatic rings. The highest BCUT2D eigenvalue weighted by Gasteiger charge is 2.28. The Labute approximate surface area is 423 Å². The third-order valence-electron chi connectivity index (χ3n) is 10.1. The first kappa shape index (κ1) is 65.4. The van der Waals surface area contributed by atoms with Gasteiger partial charge in [-0.1, -0.05) is 185 Å². The maximum absolute atomic E-state index is 12.4. The van der Waals surface area contributed by atoms with Crippen LogP contribution in [0.4, 0.5) is 0 Å². The van der Waals surface area contributed by atoms with Crippen molar-refractivity contribution in [3.63, 3.8) is 0 Å². The number of aliphatic hydroxyl groups excluding tert-OH is 1. The summed E-state index contributed by atoms with van der Waals surface area (Å²) in [5.74, 6) is -2.46. The van der Waals surface area contributed by atoms with Crippen molar-refractivity contribution >= 4 is 25.7 Å². The van der Waals surface area contributed by atoms with E-state index in [1.165, 1.54) is 0 Å². The number of aliphatic hydroxyl groups is 1. The molecule has 1 amide bonds. The number of amides is 1. The number of esters is 1. The lowest BCUT2D eigenvalue weighted by molar-refractivity contribution is -0.147. The predicted molar refractivity (Wildman–Crippen MR) is 290 cm³/mol. The molecule has 0 spiro atoms. The third kappa shape index (κ3) is 49.8. The molecule has 0 saturated carbocycles. The Morgan fingerprint density at radius 2 is 0.786 bits per heavy atom. The molecule has 0 aliphatic carbocycles. The van der Waals surface area contributed by atoms with Gasteiger partial charge in [0.25, 0.3) is 0 Å². The van der Waals surface area contributed by atoms with Gasteiger partial charge >= 0.3 is 19.8 Å². The molecule has 0 heterocycles. The van der Waals surface area contributed by atoms with E-state index in [4.69, 9.17) is 13.8 Å². The van der Waals surface area contributed by atoms with Crippen molar-refractivity contribution in [2.24, 2.45) is 0 Å². The average molecular weight is 992 g/mol. The quantitative estimate of drug-likeness (QED) is 0.0199. The van der Waals surface area contributed by atoms with Crippen LogP contribution in [0.3, 0.4) is 0 Å². The second-order valence-corrected chi connectivity index (χ2v) is 18.0. The van der Waals surface area contributed by atoms with Gasteiger partial charge in [-0.2, -0.15) is 0 Å². The lowest BCUT2D eigenvalue weighted by Gasteiger charge is -2.18. The predicted octanol–water partition coefficient (Wildman–Crippen LogP) is 14.7. The van der Waals surface area contributed by atoms with Gasteiger partial charge in [-0.3, -0.25) is 18.6 Å². The van der Waals surface area contributed by atoms with Crippen LogP contribution >= 0.6 is 7.82 Å². The molecule has 0 aromatic carbocycles. The SMILES string of the molecule is CC/C=C\C/C=C\C/C=C\C/C=C\C/C=C\C/C=C\CCCCCCC(=O)NC(COP(=O)(O)OCC(O)COC(=O)CCCCCC/C=C\C/C=C\C/C=C\C/C=C\C/C=C\C/C=C\CC)C(=O)O. The number of hydrogen-bond acceptors (Lipinski definition) is 8. The minimum Gasteiger partial charge on any atom is -0.480 e. The van der Waals surface area contributed by atoms with Crippen LogP contribution in [0.25, 0.3) is 0 Å². The number of unbranched alkanes of at least 4 members (excludes halogenated alkanes) is 8. The number of allylic oxidation sites excluding steroid dienone is 24. The van der Waals surface area contributed by atoms with Gasteiger partial charge < -0.3 is 25.2 Å². The maximum atomic E-state index is 12.4. The van der Waals surface area contributed by atoms with Crippen molar-refractivity contribution < 1.29 is 47.8 Å². The van der Waals surface area contributed by atoms with Crippen molar-refractivity contribution in [2.45, 2.75) is 180 Å². The zero-order valence-corrected chi connectivity index (χ0v) is 43.6. The number of rotatable bonds is 46. The van der Waals surface area contributed by atoms with E-state index >= 15 is 0 Å². The van der Waals surface area contributed by atoms with Gasteiger partial charge in [0, 0.05) is 12.8 Å². The van der Waals surface area contributed by atoms with E-state index < -0.39 is 57.6 Å². The Morgan fingerprint density at radius 3 is 1.16 bits per heavy atom. The Morgan fingerprint density at radius 1 is 0.457 bits per heavy atom. The summed E-state index contributed by atoms with van der Waals surface area (Å²) in [5, 5.41) is 21.9. The van der Waals surface area contributed by atoms with Gasteiger partial charge in [-0.15, -0.1) is 0 Å². The Kier molecular flexibility index (Phi) is 47.4. The molecule has 392 valence electrons. The van der Waals surface area contributed by atoms with E-state index in [1.807, 2.05) is 0 Å². The summed E-state index contributed by atoms with van der Waals surface area (Å²) in [5.41, 5.74) is 0. The molecule has 4 N–H and O–H groups in total. The number of ether oxygens (including phenoxy) is 1. The van der Waals surface area contributed by atoms with Crippen molar-refractivity contribution in [1.29, 1.82) is 0 Å². The topological polar surface area (TPSA) is 169 Å². The average Bonchev–Trinajstić information content (AvgIpc) is 3.34. The van der Waals surface area contributed by atoms with Gasteiger partial charge in [0.1, 0.15) is 12.7 Å². The molecule has 70 heavy (non-hydrogen) atoms. The number of aliphatic carboxylic acids is 1. The van der Waals surface area contributed by atoms with Crippen LogP contribution in [0.2, 0.25) is 0 Å². The summed E-state index contributed by atoms with van der Waals surface area (Å²) in [6.45, 7) is 2.31. The van der Waals surface area contributed by atoms with Crippen LogP contribution in [-0.4, -0.2) is 64.9 Å². The van der Waals surface area contributed by atoms with Crippen LogP contribution in [0.15, 0.2) is 146 Å². The second-order valence-electron chi connectivity index (χ2n) is 16.6. The summed E-state index contributed by atoms with van der Waals surface area (Å²) in [4.78, 5) is 46.2. The van der Waals surface area contributed by atoms with Gasteiger partial charge in [-0.25, -0.2) is 9.36 Å². The van der Waals surface area contributed by atoms with Gasteiger partial charge in [-0.05, 0) is 116 Å². The molecule has 0 aromatic rings. The maximum Gasteiger partial charge on any atom is 0.472 e. The highest BCUT2D eigenvalue weighted by atomic mass is 31.2. The lowest BCUT2D eigenvalue weighted by atomic mass is 10.1. The highest BCUT2D eigenvalue weighted by molar-refractivity contribution is 7.47. The van der Waals surface area contributed by atoms with E-state index in [2.05, 4.69) is 165 Å². The summed E-state index contributed by atoms with van der Waals surface area (Å²) in [6.07, 6.45) is 71.5. The molecule has 0 radical (unpaired) electrons. The lowest BCUT2D eigenvalue weighted by Crippen LogP contribution is -2.43. The first-order valence-electron chi connectivity index (χ1n) is 25.9. The first-order chi connectivity index (χ1) is 34.1. The van der Waals surface area contributed by atoms with Crippen molar-refractivity contribution in [3.8, 4) is 0 Å². The zero-order chi connectivity index (χ0) is 51.3. The molecular formula is C58H90NO10P. The Bertz CT molecular complexity index is 1730. The van der Waals surface area contributed by atoms with E-state index in [-0.39, 0.29) is 12.8 Å². The van der Waals surface area contributed by atoms with Crippen molar-refractivity contribution in [3.05, 3.63) is 146 Å². The summed E-state index contributed by atoms with van der Waals surface area (Å²) < 4.78 is 26.9. The molecule has 12 heteroatoms. The summed E-state index contributed by atoms with van der Waals surface area (Å²) >= 11 is 0. The van der Waals surface area contributed by atoms with E-state index in [0.29, 0.717) is 12.8 Å². The summed E-state index contributed by atoms with van der Waals surface area (Å²) in [6, 6.07) is -1.58. The van der Waals surface area contributed by atoms with E-state index in [1.54, 1.807) is 0 Å².